The fourth-order valence-electron chi connectivity index (χ4n) is 3.34. The van der Waals surface area contributed by atoms with Gasteiger partial charge >= 0.3 is 0 Å². The summed E-state index contributed by atoms with van der Waals surface area (Å²) < 4.78 is 0. The van der Waals surface area contributed by atoms with Gasteiger partial charge in [-0.05, 0) is 37.0 Å². The molecule has 0 aromatic heterocycles. The van der Waals surface area contributed by atoms with Gasteiger partial charge in [-0.2, -0.15) is 0 Å². The third-order valence-electron chi connectivity index (χ3n) is 4.28. The Morgan fingerprint density at radius 1 is 1.40 bits per heavy atom. The predicted molar refractivity (Wildman–Crippen MR) is 61.6 cm³/mol. The molecule has 0 radical (unpaired) electrons. The van der Waals surface area contributed by atoms with Crippen molar-refractivity contribution in [3.05, 3.63) is 0 Å². The molecule has 15 heavy (non-hydrogen) atoms. The lowest BCUT2D eigenvalue weighted by molar-refractivity contribution is -0.129. The van der Waals surface area contributed by atoms with E-state index in [2.05, 4.69) is 6.92 Å². The van der Waals surface area contributed by atoms with E-state index in [4.69, 9.17) is 0 Å². The van der Waals surface area contributed by atoms with Gasteiger partial charge in [0.2, 0.25) is 0 Å². The van der Waals surface area contributed by atoms with E-state index < -0.39 is 0 Å². The summed E-state index contributed by atoms with van der Waals surface area (Å²) in [6.07, 6.45) is 5.00. The van der Waals surface area contributed by atoms with Crippen molar-refractivity contribution in [1.82, 2.24) is 0 Å². The van der Waals surface area contributed by atoms with Gasteiger partial charge < -0.3 is 5.11 Å². The molecular formula is C13H24O2. The zero-order valence-electron chi connectivity index (χ0n) is 10.3. The van der Waals surface area contributed by atoms with Crippen molar-refractivity contribution in [3.8, 4) is 0 Å². The Morgan fingerprint density at radius 3 is 2.67 bits per heavy atom. The minimum atomic E-state index is 0.129. The van der Waals surface area contributed by atoms with Crippen LogP contribution in [0.15, 0.2) is 0 Å². The number of hydrogen-bond acceptors (Lipinski definition) is 2. The molecule has 2 saturated carbocycles. The number of carbonyl (C=O) groups is 1. The number of Topliss-reactive ketones (excluding diaryl/α,β-unsaturated/α-hetero) is 1. The standard InChI is InChI=1S/C11H18O2.C2H6/c1-11-6-2-3-10(13)9(11)5-4-8(11)7-12;1-2/h8-9,12H,2-7H2,1H3;1-2H3/t8-,9?,11-;/m1./s1. The number of aliphatic hydroxyl groups is 1. The summed E-state index contributed by atoms with van der Waals surface area (Å²) in [5.41, 5.74) is 0.129. The van der Waals surface area contributed by atoms with Crippen molar-refractivity contribution in [3.63, 3.8) is 0 Å². The molecule has 2 rings (SSSR count). The van der Waals surface area contributed by atoms with Gasteiger partial charge in [-0.25, -0.2) is 0 Å². The van der Waals surface area contributed by atoms with Crippen LogP contribution in [-0.2, 0) is 4.79 Å². The highest BCUT2D eigenvalue weighted by molar-refractivity contribution is 5.83. The summed E-state index contributed by atoms with van der Waals surface area (Å²) in [6, 6.07) is 0. The van der Waals surface area contributed by atoms with E-state index in [1.807, 2.05) is 13.8 Å². The SMILES string of the molecule is CC.C[C@]12CCCC(=O)C1CC[C@@H]2CO. The largest absolute Gasteiger partial charge is 0.396 e. The molecule has 3 atom stereocenters. The van der Waals surface area contributed by atoms with E-state index in [1.54, 1.807) is 0 Å². The van der Waals surface area contributed by atoms with Crippen LogP contribution >= 0.6 is 0 Å². The van der Waals surface area contributed by atoms with E-state index in [1.165, 1.54) is 0 Å². The van der Waals surface area contributed by atoms with Crippen LogP contribution in [0.4, 0.5) is 0 Å². The molecule has 2 heteroatoms. The highest BCUT2D eigenvalue weighted by Crippen LogP contribution is 2.53. The molecule has 2 aliphatic carbocycles. The van der Waals surface area contributed by atoms with E-state index in [-0.39, 0.29) is 17.9 Å². The molecule has 1 unspecified atom stereocenters. The molecule has 0 aromatic rings. The van der Waals surface area contributed by atoms with Crippen LogP contribution in [0.3, 0.4) is 0 Å². The van der Waals surface area contributed by atoms with Crippen molar-refractivity contribution in [2.75, 3.05) is 6.61 Å². The van der Waals surface area contributed by atoms with Gasteiger partial charge in [-0.1, -0.05) is 20.8 Å². The van der Waals surface area contributed by atoms with Gasteiger partial charge in [-0.15, -0.1) is 0 Å². The van der Waals surface area contributed by atoms with Gasteiger partial charge in [0.1, 0.15) is 5.78 Å². The molecule has 0 saturated heterocycles. The van der Waals surface area contributed by atoms with Crippen molar-refractivity contribution in [2.24, 2.45) is 17.3 Å². The Labute approximate surface area is 93.1 Å². The maximum atomic E-state index is 11.7. The Kier molecular flexibility index (Phi) is 4.32. The summed E-state index contributed by atoms with van der Waals surface area (Å²) in [6.45, 7) is 6.46. The average Bonchev–Trinajstić information content (AvgIpc) is 2.59. The van der Waals surface area contributed by atoms with Crippen molar-refractivity contribution < 1.29 is 9.90 Å². The number of aliphatic hydroxyl groups excluding tert-OH is 1. The summed E-state index contributed by atoms with van der Waals surface area (Å²) in [4.78, 5) is 11.7. The van der Waals surface area contributed by atoms with Crippen LogP contribution in [-0.4, -0.2) is 17.5 Å². The molecule has 2 nitrogen and oxygen atoms in total. The van der Waals surface area contributed by atoms with E-state index in [0.717, 1.165) is 32.1 Å². The first kappa shape index (κ1) is 12.7. The quantitative estimate of drug-likeness (QED) is 0.725. The van der Waals surface area contributed by atoms with Gasteiger partial charge in [0, 0.05) is 18.9 Å². The van der Waals surface area contributed by atoms with Crippen molar-refractivity contribution >= 4 is 5.78 Å². The van der Waals surface area contributed by atoms with E-state index in [9.17, 15) is 9.90 Å². The summed E-state index contributed by atoms with van der Waals surface area (Å²) in [5, 5.41) is 9.25. The van der Waals surface area contributed by atoms with Gasteiger partial charge in [0.05, 0.1) is 0 Å². The van der Waals surface area contributed by atoms with Gasteiger partial charge in [0.15, 0.2) is 0 Å². The fourth-order valence-corrected chi connectivity index (χ4v) is 3.34. The van der Waals surface area contributed by atoms with Crippen LogP contribution in [0.25, 0.3) is 0 Å². The lowest BCUT2D eigenvalue weighted by Gasteiger charge is -2.39. The molecule has 0 aliphatic heterocycles. The number of carbonyl (C=O) groups excluding carboxylic acids is 1. The van der Waals surface area contributed by atoms with Crippen LogP contribution < -0.4 is 0 Å². The van der Waals surface area contributed by atoms with Crippen LogP contribution in [0.1, 0.15) is 52.9 Å². The number of rotatable bonds is 1. The smallest absolute Gasteiger partial charge is 0.136 e. The Morgan fingerprint density at radius 2 is 2.07 bits per heavy atom. The monoisotopic (exact) mass is 212 g/mol. The Hall–Kier alpha value is -0.370. The molecule has 2 aliphatic rings. The maximum Gasteiger partial charge on any atom is 0.136 e. The number of ketones is 1. The Balaban J connectivity index is 0.000000531. The number of hydrogen-bond donors (Lipinski definition) is 1. The molecule has 0 bridgehead atoms. The van der Waals surface area contributed by atoms with E-state index in [0.29, 0.717) is 11.7 Å². The zero-order chi connectivity index (χ0) is 11.5. The zero-order valence-corrected chi connectivity index (χ0v) is 10.3. The second kappa shape index (κ2) is 5.11. The molecule has 2 fully saturated rings. The van der Waals surface area contributed by atoms with Gasteiger partial charge in [0.25, 0.3) is 0 Å². The van der Waals surface area contributed by atoms with Crippen LogP contribution in [0, 0.1) is 17.3 Å². The first-order chi connectivity index (χ1) is 7.18. The highest BCUT2D eigenvalue weighted by atomic mass is 16.3. The molecule has 0 amide bonds. The summed E-state index contributed by atoms with van der Waals surface area (Å²) in [5.74, 6) is 1.09. The van der Waals surface area contributed by atoms with Crippen LogP contribution in [0.5, 0.6) is 0 Å². The molecule has 0 spiro atoms. The van der Waals surface area contributed by atoms with Gasteiger partial charge in [-0.3, -0.25) is 4.79 Å². The van der Waals surface area contributed by atoms with Crippen molar-refractivity contribution in [2.45, 2.75) is 52.9 Å². The third kappa shape index (κ3) is 2.10. The maximum absolute atomic E-state index is 11.7. The second-order valence-corrected chi connectivity index (χ2v) is 4.84. The topological polar surface area (TPSA) is 37.3 Å². The van der Waals surface area contributed by atoms with E-state index >= 15 is 0 Å². The van der Waals surface area contributed by atoms with Crippen LogP contribution in [0.2, 0.25) is 0 Å². The average molecular weight is 212 g/mol. The molecular weight excluding hydrogens is 188 g/mol. The molecule has 88 valence electrons. The minimum Gasteiger partial charge on any atom is -0.396 e. The lowest BCUT2D eigenvalue weighted by Crippen LogP contribution is -2.38. The second-order valence-electron chi connectivity index (χ2n) is 4.84. The highest BCUT2D eigenvalue weighted by Gasteiger charge is 2.50. The fraction of sp³-hybridized carbons (Fsp3) is 0.923. The minimum absolute atomic E-state index is 0.129. The molecule has 1 N–H and O–H groups in total. The first-order valence-corrected chi connectivity index (χ1v) is 6.32. The first-order valence-electron chi connectivity index (χ1n) is 6.32. The molecule has 0 aromatic carbocycles. The predicted octanol–water partition coefficient (Wildman–Crippen LogP) is 2.79. The van der Waals surface area contributed by atoms with Crippen molar-refractivity contribution in [1.29, 1.82) is 0 Å². The third-order valence-corrected chi connectivity index (χ3v) is 4.28. The summed E-state index contributed by atoms with van der Waals surface area (Å²) in [7, 11) is 0. The normalized spacial score (nSPS) is 39.3. The Bertz CT molecular complexity index is 225. The molecule has 0 heterocycles. The number of fused-ring (bicyclic) bond motifs is 1. The lowest BCUT2D eigenvalue weighted by atomic mass is 9.65. The summed E-state index contributed by atoms with van der Waals surface area (Å²) >= 11 is 0.